The van der Waals surface area contributed by atoms with Crippen LogP contribution in [0.25, 0.3) is 0 Å². The third kappa shape index (κ3) is 3.71. The molecule has 1 saturated heterocycles. The lowest BCUT2D eigenvalue weighted by molar-refractivity contribution is -0.385. The smallest absolute Gasteiger partial charge is 0.308 e. The van der Waals surface area contributed by atoms with Gasteiger partial charge in [0, 0.05) is 32.0 Å². The first-order chi connectivity index (χ1) is 12.5. The number of hydrogen-bond acceptors (Lipinski definition) is 5. The number of benzene rings is 1. The number of aliphatic carboxylic acids is 1. The molecule has 136 valence electrons. The molecule has 1 aliphatic heterocycles. The molecule has 0 radical (unpaired) electrons. The van der Waals surface area contributed by atoms with Crippen molar-refractivity contribution in [2.75, 3.05) is 13.1 Å². The summed E-state index contributed by atoms with van der Waals surface area (Å²) < 4.78 is 1.34. The molecule has 2 unspecified atom stereocenters. The van der Waals surface area contributed by atoms with Gasteiger partial charge in [0.05, 0.1) is 10.8 Å². The lowest BCUT2D eigenvalue weighted by Gasteiger charge is -2.16. The molecule has 0 aliphatic carbocycles. The van der Waals surface area contributed by atoms with E-state index < -0.39 is 16.8 Å². The van der Waals surface area contributed by atoms with Crippen molar-refractivity contribution in [2.24, 2.45) is 5.92 Å². The molecule has 9 heteroatoms. The maximum atomic E-state index is 12.5. The molecule has 2 aromatic rings. The number of amides is 1. The van der Waals surface area contributed by atoms with E-state index >= 15 is 0 Å². The molecular weight excluding hydrogens is 340 g/mol. The highest BCUT2D eigenvalue weighted by molar-refractivity contribution is 5.79. The van der Waals surface area contributed by atoms with Crippen molar-refractivity contribution in [3.05, 3.63) is 58.4 Å². The summed E-state index contributed by atoms with van der Waals surface area (Å²) in [4.78, 5) is 35.7. The van der Waals surface area contributed by atoms with E-state index in [-0.39, 0.29) is 37.0 Å². The van der Waals surface area contributed by atoms with Crippen LogP contribution >= 0.6 is 0 Å². The molecule has 0 saturated carbocycles. The molecule has 0 spiro atoms. The minimum Gasteiger partial charge on any atom is -0.481 e. The van der Waals surface area contributed by atoms with E-state index in [1.165, 1.54) is 10.9 Å². The van der Waals surface area contributed by atoms with Crippen LogP contribution in [-0.2, 0) is 16.1 Å². The highest BCUT2D eigenvalue weighted by Crippen LogP contribution is 2.33. The first kappa shape index (κ1) is 17.6. The summed E-state index contributed by atoms with van der Waals surface area (Å²) >= 11 is 0. The van der Waals surface area contributed by atoms with Crippen molar-refractivity contribution in [2.45, 2.75) is 18.9 Å². The summed E-state index contributed by atoms with van der Waals surface area (Å²) in [6.07, 6.45) is 2.50. The number of nitrogens with zero attached hydrogens (tertiary/aromatic N) is 4. The minimum atomic E-state index is -0.920. The number of aryl methyl sites for hydroxylation is 1. The predicted octanol–water partition coefficient (Wildman–Crippen LogP) is 1.51. The number of hydrogen-bond donors (Lipinski definition) is 1. The topological polar surface area (TPSA) is 119 Å². The standard InChI is InChI=1S/C17H18N4O5/c22-16(6-7-20-9-13(8-18-20)21(25)26)19-10-14(15(11-19)17(23)24)12-4-2-1-3-5-12/h1-5,8-9,14-15H,6-7,10-11H2,(H,23,24). The largest absolute Gasteiger partial charge is 0.481 e. The van der Waals surface area contributed by atoms with Gasteiger partial charge in [0.15, 0.2) is 0 Å². The molecular formula is C17H18N4O5. The van der Waals surface area contributed by atoms with Gasteiger partial charge in [-0.2, -0.15) is 5.10 Å². The zero-order chi connectivity index (χ0) is 18.7. The summed E-state index contributed by atoms with van der Waals surface area (Å²) in [5.41, 5.74) is 0.770. The fourth-order valence-electron chi connectivity index (χ4n) is 3.23. The fourth-order valence-corrected chi connectivity index (χ4v) is 3.23. The highest BCUT2D eigenvalue weighted by atomic mass is 16.6. The summed E-state index contributed by atoms with van der Waals surface area (Å²) in [5.74, 6) is -2.00. The first-order valence-corrected chi connectivity index (χ1v) is 8.18. The molecule has 3 rings (SSSR count). The van der Waals surface area contributed by atoms with Gasteiger partial charge in [-0.1, -0.05) is 30.3 Å². The Morgan fingerprint density at radius 2 is 2.00 bits per heavy atom. The van der Waals surface area contributed by atoms with Crippen LogP contribution in [0.5, 0.6) is 0 Å². The van der Waals surface area contributed by atoms with Gasteiger partial charge in [-0.05, 0) is 5.56 Å². The van der Waals surface area contributed by atoms with Gasteiger partial charge in [-0.15, -0.1) is 0 Å². The molecule has 1 aromatic heterocycles. The molecule has 2 heterocycles. The van der Waals surface area contributed by atoms with Crippen LogP contribution < -0.4 is 0 Å². The Bertz CT molecular complexity index is 820. The number of rotatable bonds is 6. The van der Waals surface area contributed by atoms with Crippen LogP contribution in [0.4, 0.5) is 5.69 Å². The van der Waals surface area contributed by atoms with Crippen molar-refractivity contribution >= 4 is 17.6 Å². The Labute approximate surface area is 149 Å². The van der Waals surface area contributed by atoms with Crippen molar-refractivity contribution in [1.82, 2.24) is 14.7 Å². The monoisotopic (exact) mass is 358 g/mol. The predicted molar refractivity (Wildman–Crippen MR) is 90.4 cm³/mol. The van der Waals surface area contributed by atoms with Gasteiger partial charge in [0.1, 0.15) is 12.4 Å². The highest BCUT2D eigenvalue weighted by Gasteiger charge is 2.40. The number of carbonyl (C=O) groups excluding carboxylic acids is 1. The maximum absolute atomic E-state index is 12.5. The van der Waals surface area contributed by atoms with Crippen molar-refractivity contribution in [3.8, 4) is 0 Å². The quantitative estimate of drug-likeness (QED) is 0.617. The Kier molecular flexibility index (Phi) is 4.97. The number of aromatic nitrogens is 2. The average Bonchev–Trinajstić information content (AvgIpc) is 3.28. The maximum Gasteiger partial charge on any atom is 0.308 e. The zero-order valence-corrected chi connectivity index (χ0v) is 13.9. The van der Waals surface area contributed by atoms with Crippen LogP contribution in [0.1, 0.15) is 17.9 Å². The molecule has 1 aliphatic rings. The number of carboxylic acid groups (broad SMARTS) is 1. The lowest BCUT2D eigenvalue weighted by Crippen LogP contribution is -2.30. The van der Waals surface area contributed by atoms with Crippen LogP contribution in [0.3, 0.4) is 0 Å². The third-order valence-electron chi connectivity index (χ3n) is 4.60. The van der Waals surface area contributed by atoms with Crippen LogP contribution in [-0.4, -0.2) is 49.7 Å². The van der Waals surface area contributed by atoms with Gasteiger partial charge in [-0.25, -0.2) is 0 Å². The van der Waals surface area contributed by atoms with Gasteiger partial charge in [0.25, 0.3) is 0 Å². The molecule has 26 heavy (non-hydrogen) atoms. The average molecular weight is 358 g/mol. The first-order valence-electron chi connectivity index (χ1n) is 8.18. The number of likely N-dealkylation sites (tertiary alicyclic amines) is 1. The summed E-state index contributed by atoms with van der Waals surface area (Å²) in [6, 6.07) is 9.31. The number of carboxylic acids is 1. The van der Waals surface area contributed by atoms with Crippen LogP contribution in [0.2, 0.25) is 0 Å². The van der Waals surface area contributed by atoms with E-state index in [1.54, 1.807) is 4.90 Å². The SMILES string of the molecule is O=C(O)C1CN(C(=O)CCn2cc([N+](=O)[O-])cn2)CC1c1ccccc1. The van der Waals surface area contributed by atoms with Gasteiger partial charge in [0.2, 0.25) is 5.91 Å². The minimum absolute atomic E-state index is 0.104. The van der Waals surface area contributed by atoms with Crippen LogP contribution in [0.15, 0.2) is 42.7 Å². The van der Waals surface area contributed by atoms with Crippen molar-refractivity contribution < 1.29 is 19.6 Å². The van der Waals surface area contributed by atoms with Gasteiger partial charge < -0.3 is 10.0 Å². The number of nitro groups is 1. The fraction of sp³-hybridized carbons (Fsp3) is 0.353. The Balaban J connectivity index is 1.64. The van der Waals surface area contributed by atoms with Crippen molar-refractivity contribution in [1.29, 1.82) is 0 Å². The molecule has 1 amide bonds. The second-order valence-corrected chi connectivity index (χ2v) is 6.23. The molecule has 2 atom stereocenters. The Morgan fingerprint density at radius 1 is 1.27 bits per heavy atom. The van der Waals surface area contributed by atoms with E-state index in [4.69, 9.17) is 0 Å². The second-order valence-electron chi connectivity index (χ2n) is 6.23. The normalized spacial score (nSPS) is 19.5. The van der Waals surface area contributed by atoms with Gasteiger partial charge >= 0.3 is 11.7 Å². The number of carbonyl (C=O) groups is 2. The van der Waals surface area contributed by atoms with E-state index in [1.807, 2.05) is 30.3 Å². The van der Waals surface area contributed by atoms with E-state index in [9.17, 15) is 24.8 Å². The van der Waals surface area contributed by atoms with Crippen LogP contribution in [0, 0.1) is 16.0 Å². The van der Waals surface area contributed by atoms with E-state index in [0.717, 1.165) is 11.8 Å². The Hall–Kier alpha value is -3.23. The van der Waals surface area contributed by atoms with E-state index in [2.05, 4.69) is 5.10 Å². The molecule has 1 aromatic carbocycles. The summed E-state index contributed by atoms with van der Waals surface area (Å²) in [7, 11) is 0. The van der Waals surface area contributed by atoms with Gasteiger partial charge in [-0.3, -0.25) is 24.4 Å². The van der Waals surface area contributed by atoms with Crippen molar-refractivity contribution in [3.63, 3.8) is 0 Å². The third-order valence-corrected chi connectivity index (χ3v) is 4.60. The summed E-state index contributed by atoms with van der Waals surface area (Å²) in [6.45, 7) is 0.711. The summed E-state index contributed by atoms with van der Waals surface area (Å²) in [5, 5.41) is 24.0. The van der Waals surface area contributed by atoms with E-state index in [0.29, 0.717) is 6.54 Å². The Morgan fingerprint density at radius 3 is 2.62 bits per heavy atom. The lowest BCUT2D eigenvalue weighted by atomic mass is 9.89. The molecule has 0 bridgehead atoms. The molecule has 9 nitrogen and oxygen atoms in total. The zero-order valence-electron chi connectivity index (χ0n) is 13.9. The second kappa shape index (κ2) is 7.34. The molecule has 1 N–H and O–H groups in total. The molecule has 1 fully saturated rings.